The molecule has 0 saturated carbocycles. The first-order valence-electron chi connectivity index (χ1n) is 10.1. The molecule has 36 heavy (non-hydrogen) atoms. The minimum atomic E-state index is -4.28. The third kappa shape index (κ3) is 6.33. The van der Waals surface area contributed by atoms with Crippen molar-refractivity contribution in [3.05, 3.63) is 95.1 Å². The Kier molecular flexibility index (Phi) is 7.84. The van der Waals surface area contributed by atoms with Gasteiger partial charge in [0.05, 0.1) is 0 Å². The summed E-state index contributed by atoms with van der Waals surface area (Å²) in [5.74, 6) is 0. The van der Waals surface area contributed by atoms with E-state index in [1.807, 2.05) is 0 Å². The Morgan fingerprint density at radius 1 is 0.667 bits per heavy atom. The lowest BCUT2D eigenvalue weighted by molar-refractivity contribution is 0.339. The molecule has 0 aromatic heterocycles. The van der Waals surface area contributed by atoms with Crippen LogP contribution in [-0.4, -0.2) is 28.3 Å². The highest BCUT2D eigenvalue weighted by Crippen LogP contribution is 2.17. The molecule has 0 radical (unpaired) electrons. The zero-order valence-electron chi connectivity index (χ0n) is 19.0. The summed E-state index contributed by atoms with van der Waals surface area (Å²) in [5, 5.41) is 25.9. The van der Waals surface area contributed by atoms with Gasteiger partial charge in [-0.25, -0.2) is 0 Å². The predicted octanol–water partition coefficient (Wildman–Crippen LogP) is 3.57. The Balaban J connectivity index is 1.86. The molecule has 3 rings (SSSR count). The molecule has 0 aliphatic rings. The quantitative estimate of drug-likeness (QED) is 0.321. The Labute approximate surface area is 208 Å². The molecule has 0 fully saturated rings. The molecule has 0 aliphatic carbocycles. The first kappa shape index (κ1) is 26.1. The molecule has 0 spiro atoms. The summed E-state index contributed by atoms with van der Waals surface area (Å²) in [6.45, 7) is 3.58. The predicted molar refractivity (Wildman–Crippen MR) is 130 cm³/mol. The monoisotopic (exact) mass is 522 g/mol. The van der Waals surface area contributed by atoms with Crippen LogP contribution in [0.15, 0.2) is 92.9 Å². The molecule has 0 aliphatic heterocycles. The second-order valence-corrected chi connectivity index (χ2v) is 10.4. The van der Waals surface area contributed by atoms with Gasteiger partial charge in [-0.3, -0.25) is 8.57 Å². The first-order valence-corrected chi connectivity index (χ1v) is 12.9. The van der Waals surface area contributed by atoms with Gasteiger partial charge in [0.2, 0.25) is 0 Å². The number of aryl methyl sites for hydroxylation is 2. The summed E-state index contributed by atoms with van der Waals surface area (Å²) in [7, 11) is -8.55. The van der Waals surface area contributed by atoms with E-state index in [2.05, 4.69) is 18.9 Å². The number of benzene rings is 3. The number of hydrogen-bond acceptors (Lipinski definition) is 10. The van der Waals surface area contributed by atoms with Crippen LogP contribution in [-0.2, 0) is 28.8 Å². The molecule has 12 heteroatoms. The Hall–Kier alpha value is -4.52. The third-order valence-electron chi connectivity index (χ3n) is 4.69. The molecular weight excluding hydrogens is 504 g/mol. The van der Waals surface area contributed by atoms with Gasteiger partial charge in [0.1, 0.15) is 21.9 Å². The van der Waals surface area contributed by atoms with Crippen molar-refractivity contribution in [3.63, 3.8) is 0 Å². The maximum Gasteiger partial charge on any atom is 0.358 e. The summed E-state index contributed by atoms with van der Waals surface area (Å²) < 4.78 is 58.8. The highest BCUT2D eigenvalue weighted by molar-refractivity contribution is 7.87. The van der Waals surface area contributed by atoms with E-state index < -0.39 is 31.7 Å². The average Bonchev–Trinajstić information content (AvgIpc) is 2.85. The highest BCUT2D eigenvalue weighted by Gasteiger charge is 2.18. The lowest BCUT2D eigenvalue weighted by Gasteiger charge is -2.05. The van der Waals surface area contributed by atoms with E-state index in [0.717, 1.165) is 11.1 Å². The molecule has 3 aromatic carbocycles. The van der Waals surface area contributed by atoms with Crippen molar-refractivity contribution in [1.82, 2.24) is 0 Å². The second-order valence-electron chi connectivity index (χ2n) is 7.37. The standard InChI is InChI=1S/C24H18N4O6S2/c1-17-6-10-21(11-7-17)35(29,30)33-27-23(15-25)19-4-3-5-20(14-19)24(16-26)28-34-36(31,32)22-12-8-18(2)9-13-22/h3-14H,1-2H3/b27-23+,28-24+. The van der Waals surface area contributed by atoms with Crippen LogP contribution in [0.3, 0.4) is 0 Å². The van der Waals surface area contributed by atoms with E-state index in [1.165, 1.54) is 48.5 Å². The van der Waals surface area contributed by atoms with E-state index in [0.29, 0.717) is 0 Å². The molecule has 0 amide bonds. The Bertz CT molecular complexity index is 1510. The van der Waals surface area contributed by atoms with Gasteiger partial charge in [-0.1, -0.05) is 63.9 Å². The molecular formula is C24H18N4O6S2. The zero-order valence-corrected chi connectivity index (χ0v) is 20.6. The molecule has 0 bridgehead atoms. The van der Waals surface area contributed by atoms with Gasteiger partial charge in [-0.05, 0) is 44.2 Å². The first-order chi connectivity index (χ1) is 17.1. The summed E-state index contributed by atoms with van der Waals surface area (Å²) >= 11 is 0. The van der Waals surface area contributed by atoms with Crippen LogP contribution in [0.25, 0.3) is 0 Å². The number of rotatable bonds is 8. The minimum Gasteiger partial charge on any atom is -0.263 e. The minimum absolute atomic E-state index is 0.0958. The topological polar surface area (TPSA) is 159 Å². The zero-order chi connectivity index (χ0) is 26.3. The molecule has 0 unspecified atom stereocenters. The fourth-order valence-corrected chi connectivity index (χ4v) is 4.21. The van der Waals surface area contributed by atoms with E-state index >= 15 is 0 Å². The van der Waals surface area contributed by atoms with Gasteiger partial charge in [-0.2, -0.15) is 27.4 Å². The van der Waals surface area contributed by atoms with Crippen molar-refractivity contribution in [2.24, 2.45) is 10.3 Å². The van der Waals surface area contributed by atoms with Crippen LogP contribution in [0.5, 0.6) is 0 Å². The number of hydrogen-bond donors (Lipinski definition) is 0. The largest absolute Gasteiger partial charge is 0.358 e. The SMILES string of the molecule is Cc1ccc(S(=O)(=O)O/N=C(\C#N)c2cccc(/C(C#N)=N/OS(=O)(=O)c3ccc(C)cc3)c2)cc1. The van der Waals surface area contributed by atoms with Gasteiger partial charge in [0, 0.05) is 11.1 Å². The lowest BCUT2D eigenvalue weighted by atomic mass is 10.0. The third-order valence-corrected chi connectivity index (χ3v) is 6.93. The van der Waals surface area contributed by atoms with Crippen molar-refractivity contribution in [1.29, 1.82) is 10.5 Å². The molecule has 0 N–H and O–H groups in total. The van der Waals surface area contributed by atoms with Crippen molar-refractivity contribution >= 4 is 31.7 Å². The average molecular weight is 523 g/mol. The molecule has 0 heterocycles. The fraction of sp³-hybridized carbons (Fsp3) is 0.0833. The lowest BCUT2D eigenvalue weighted by Crippen LogP contribution is -2.08. The van der Waals surface area contributed by atoms with Gasteiger partial charge < -0.3 is 0 Å². The van der Waals surface area contributed by atoms with Crippen LogP contribution >= 0.6 is 0 Å². The summed E-state index contributed by atoms with van der Waals surface area (Å²) in [4.78, 5) is -0.289. The van der Waals surface area contributed by atoms with Crippen LogP contribution in [0.1, 0.15) is 22.3 Å². The van der Waals surface area contributed by atoms with Gasteiger partial charge >= 0.3 is 20.2 Å². The maximum absolute atomic E-state index is 12.4. The van der Waals surface area contributed by atoms with Gasteiger partial charge in [0.25, 0.3) is 0 Å². The van der Waals surface area contributed by atoms with E-state index in [1.54, 1.807) is 50.3 Å². The van der Waals surface area contributed by atoms with Crippen LogP contribution in [0.4, 0.5) is 0 Å². The van der Waals surface area contributed by atoms with Gasteiger partial charge in [0.15, 0.2) is 11.4 Å². The van der Waals surface area contributed by atoms with Crippen LogP contribution in [0.2, 0.25) is 0 Å². The van der Waals surface area contributed by atoms with Gasteiger partial charge in [-0.15, -0.1) is 0 Å². The number of oxime groups is 2. The Morgan fingerprint density at radius 3 is 1.36 bits per heavy atom. The summed E-state index contributed by atoms with van der Waals surface area (Å²) in [5.41, 5.74) is 1.07. The van der Waals surface area contributed by atoms with Crippen LogP contribution in [0, 0.1) is 36.5 Å². The fourth-order valence-electron chi connectivity index (χ4n) is 2.76. The van der Waals surface area contributed by atoms with E-state index in [9.17, 15) is 27.4 Å². The second kappa shape index (κ2) is 10.8. The normalized spacial score (nSPS) is 12.3. The molecule has 10 nitrogen and oxygen atoms in total. The molecule has 3 aromatic rings. The van der Waals surface area contributed by atoms with Crippen LogP contribution < -0.4 is 0 Å². The molecule has 182 valence electrons. The number of nitriles is 2. The Morgan fingerprint density at radius 2 is 1.03 bits per heavy atom. The summed E-state index contributed by atoms with van der Waals surface area (Å²) in [6.07, 6.45) is 0. The van der Waals surface area contributed by atoms with Crippen molar-refractivity contribution in [2.45, 2.75) is 23.6 Å². The van der Waals surface area contributed by atoms with Crippen molar-refractivity contribution in [2.75, 3.05) is 0 Å². The smallest absolute Gasteiger partial charge is 0.263 e. The van der Waals surface area contributed by atoms with E-state index in [4.69, 9.17) is 0 Å². The summed E-state index contributed by atoms with van der Waals surface area (Å²) in [6, 6.07) is 20.7. The van der Waals surface area contributed by atoms with Crippen molar-refractivity contribution in [3.8, 4) is 12.1 Å². The molecule has 0 saturated heterocycles. The van der Waals surface area contributed by atoms with E-state index in [-0.39, 0.29) is 20.9 Å². The highest BCUT2D eigenvalue weighted by atomic mass is 32.2. The van der Waals surface area contributed by atoms with Crippen molar-refractivity contribution < 1.29 is 25.4 Å². The molecule has 0 atom stereocenters. The maximum atomic E-state index is 12.4. The number of nitrogens with zero attached hydrogens (tertiary/aromatic N) is 4.